The van der Waals surface area contributed by atoms with Crippen LogP contribution in [0.1, 0.15) is 41.7 Å². The molecule has 0 unspecified atom stereocenters. The molecular weight excluding hydrogens is 550 g/mol. The standard InChI is InChI=1S/C33H41N3O5S/c1-22(2)36(42(38,39)33-24(4)16-23(3)17-25(33)5)21-32(37)35(20-26-12-13-30(40-6)31(18-26)41-7)15-14-27-19-34-29-11-9-8-10-28(27)29/h8-13,16-19,22,34H,14-15,20-21H2,1-7H3. The number of carbonyl (C=O) groups is 1. The van der Waals surface area contributed by atoms with E-state index in [2.05, 4.69) is 11.1 Å². The summed E-state index contributed by atoms with van der Waals surface area (Å²) in [4.78, 5) is 19.3. The minimum absolute atomic E-state index is 0.264. The van der Waals surface area contributed by atoms with Crippen molar-refractivity contribution in [1.82, 2.24) is 14.2 Å². The number of rotatable bonds is 12. The van der Waals surface area contributed by atoms with E-state index in [0.717, 1.165) is 27.6 Å². The minimum Gasteiger partial charge on any atom is -0.493 e. The molecule has 9 heteroatoms. The van der Waals surface area contributed by atoms with E-state index in [4.69, 9.17) is 9.47 Å². The summed E-state index contributed by atoms with van der Waals surface area (Å²) in [5.41, 5.74) is 5.32. The van der Waals surface area contributed by atoms with Crippen LogP contribution in [-0.2, 0) is 27.8 Å². The molecule has 0 saturated heterocycles. The summed E-state index contributed by atoms with van der Waals surface area (Å²) in [5.74, 6) is 0.888. The molecule has 1 N–H and O–H groups in total. The van der Waals surface area contributed by atoms with Crippen LogP contribution in [0.5, 0.6) is 11.5 Å². The predicted octanol–water partition coefficient (Wildman–Crippen LogP) is 5.78. The van der Waals surface area contributed by atoms with Gasteiger partial charge in [0, 0.05) is 36.2 Å². The molecule has 1 aromatic heterocycles. The highest BCUT2D eigenvalue weighted by molar-refractivity contribution is 7.89. The third-order valence-corrected chi connectivity index (χ3v) is 9.87. The zero-order valence-electron chi connectivity index (χ0n) is 25.5. The number of ether oxygens (including phenoxy) is 2. The van der Waals surface area contributed by atoms with Gasteiger partial charge in [-0.05, 0) is 81.5 Å². The number of aromatic nitrogens is 1. The molecule has 8 nitrogen and oxygen atoms in total. The van der Waals surface area contributed by atoms with Crippen LogP contribution in [0, 0.1) is 20.8 Å². The van der Waals surface area contributed by atoms with Gasteiger partial charge >= 0.3 is 0 Å². The van der Waals surface area contributed by atoms with Crippen molar-refractivity contribution in [3.8, 4) is 11.5 Å². The Bertz CT molecular complexity index is 1650. The molecule has 0 aliphatic carbocycles. The van der Waals surface area contributed by atoms with Gasteiger partial charge in [-0.15, -0.1) is 0 Å². The fraction of sp³-hybridized carbons (Fsp3) is 0.364. The number of methoxy groups -OCH3 is 2. The molecule has 3 aromatic carbocycles. The molecule has 0 atom stereocenters. The van der Waals surface area contributed by atoms with Crippen molar-refractivity contribution in [2.75, 3.05) is 27.3 Å². The van der Waals surface area contributed by atoms with E-state index in [9.17, 15) is 13.2 Å². The Hall–Kier alpha value is -3.82. The number of amides is 1. The highest BCUT2D eigenvalue weighted by atomic mass is 32.2. The lowest BCUT2D eigenvalue weighted by atomic mass is 10.1. The molecule has 0 radical (unpaired) electrons. The second-order valence-corrected chi connectivity index (χ2v) is 12.8. The predicted molar refractivity (Wildman–Crippen MR) is 167 cm³/mol. The topological polar surface area (TPSA) is 91.9 Å². The second-order valence-electron chi connectivity index (χ2n) is 11.0. The van der Waals surface area contributed by atoms with Crippen LogP contribution in [0.15, 0.2) is 65.7 Å². The van der Waals surface area contributed by atoms with E-state index >= 15 is 0 Å². The molecule has 4 aromatic rings. The summed E-state index contributed by atoms with van der Waals surface area (Å²) >= 11 is 0. The Balaban J connectivity index is 1.66. The van der Waals surface area contributed by atoms with E-state index in [1.165, 1.54) is 4.31 Å². The zero-order valence-corrected chi connectivity index (χ0v) is 26.3. The largest absolute Gasteiger partial charge is 0.493 e. The summed E-state index contributed by atoms with van der Waals surface area (Å²) in [6.07, 6.45) is 2.57. The normalized spacial score (nSPS) is 11.8. The van der Waals surface area contributed by atoms with Gasteiger partial charge < -0.3 is 19.4 Å². The summed E-state index contributed by atoms with van der Waals surface area (Å²) in [5, 5.41) is 1.10. The van der Waals surface area contributed by atoms with E-state index in [1.54, 1.807) is 46.8 Å². The SMILES string of the molecule is COc1ccc(CN(CCc2c[nH]c3ccccc23)C(=O)CN(C(C)C)S(=O)(=O)c2c(C)cc(C)cc2C)cc1OC. The molecule has 4 rings (SSSR count). The van der Waals surface area contributed by atoms with Crippen LogP contribution in [0.4, 0.5) is 0 Å². The number of hydrogen-bond acceptors (Lipinski definition) is 5. The Morgan fingerprint density at radius 3 is 2.24 bits per heavy atom. The fourth-order valence-corrected chi connectivity index (χ4v) is 7.56. The van der Waals surface area contributed by atoms with Gasteiger partial charge in [0.05, 0.1) is 25.7 Å². The van der Waals surface area contributed by atoms with E-state index in [1.807, 2.05) is 61.7 Å². The number of benzene rings is 3. The first kappa shape index (κ1) is 31.1. The lowest BCUT2D eigenvalue weighted by Crippen LogP contribution is -2.46. The number of para-hydroxylation sites is 1. The van der Waals surface area contributed by atoms with Gasteiger partial charge in [0.15, 0.2) is 11.5 Å². The third kappa shape index (κ3) is 6.63. The fourth-order valence-electron chi connectivity index (χ4n) is 5.55. The van der Waals surface area contributed by atoms with Crippen LogP contribution in [0.2, 0.25) is 0 Å². The number of nitrogens with one attached hydrogen (secondary N) is 1. The van der Waals surface area contributed by atoms with Gasteiger partial charge in [-0.2, -0.15) is 4.31 Å². The monoisotopic (exact) mass is 591 g/mol. The Morgan fingerprint density at radius 2 is 1.60 bits per heavy atom. The molecule has 0 saturated carbocycles. The Morgan fingerprint density at radius 1 is 0.929 bits per heavy atom. The molecule has 1 heterocycles. The van der Waals surface area contributed by atoms with Gasteiger partial charge in [-0.3, -0.25) is 4.79 Å². The maximum atomic E-state index is 14.0. The number of hydrogen-bond donors (Lipinski definition) is 1. The summed E-state index contributed by atoms with van der Waals surface area (Å²) in [6, 6.07) is 16.9. The van der Waals surface area contributed by atoms with Crippen molar-refractivity contribution in [3.05, 3.63) is 88.6 Å². The van der Waals surface area contributed by atoms with Crippen molar-refractivity contribution >= 4 is 26.8 Å². The van der Waals surface area contributed by atoms with Crippen molar-refractivity contribution in [2.45, 2.75) is 58.5 Å². The summed E-state index contributed by atoms with van der Waals surface area (Å²) in [6.45, 7) is 9.58. The Kier molecular flexibility index (Phi) is 9.64. The highest BCUT2D eigenvalue weighted by Gasteiger charge is 2.33. The van der Waals surface area contributed by atoms with Crippen LogP contribution in [0.25, 0.3) is 10.9 Å². The molecule has 0 bridgehead atoms. The smallest absolute Gasteiger partial charge is 0.244 e. The Labute approximate surface area is 249 Å². The average molecular weight is 592 g/mol. The maximum absolute atomic E-state index is 14.0. The molecular formula is C33H41N3O5S. The number of fused-ring (bicyclic) bond motifs is 1. The highest BCUT2D eigenvalue weighted by Crippen LogP contribution is 2.29. The van der Waals surface area contributed by atoms with Crippen LogP contribution in [-0.4, -0.2) is 61.9 Å². The number of sulfonamides is 1. The van der Waals surface area contributed by atoms with E-state index in [0.29, 0.717) is 35.6 Å². The van der Waals surface area contributed by atoms with Gasteiger partial charge in [-0.1, -0.05) is 42.0 Å². The van der Waals surface area contributed by atoms with Gasteiger partial charge in [0.25, 0.3) is 0 Å². The average Bonchev–Trinajstić information content (AvgIpc) is 3.35. The lowest BCUT2D eigenvalue weighted by Gasteiger charge is -2.30. The first-order valence-corrected chi connectivity index (χ1v) is 15.5. The summed E-state index contributed by atoms with van der Waals surface area (Å²) in [7, 11) is -0.794. The van der Waals surface area contributed by atoms with Crippen LogP contribution in [0.3, 0.4) is 0 Å². The first-order chi connectivity index (χ1) is 20.0. The third-order valence-electron chi connectivity index (χ3n) is 7.54. The second kappa shape index (κ2) is 13.0. The van der Waals surface area contributed by atoms with Crippen LogP contribution < -0.4 is 9.47 Å². The van der Waals surface area contributed by atoms with Crippen molar-refractivity contribution < 1.29 is 22.7 Å². The molecule has 0 fully saturated rings. The van der Waals surface area contributed by atoms with Crippen molar-refractivity contribution in [3.63, 3.8) is 0 Å². The van der Waals surface area contributed by atoms with Gasteiger partial charge in [-0.25, -0.2) is 8.42 Å². The van der Waals surface area contributed by atoms with E-state index < -0.39 is 16.1 Å². The number of nitrogens with zero attached hydrogens (tertiary/aromatic N) is 2. The molecule has 0 spiro atoms. The zero-order chi connectivity index (χ0) is 30.6. The van der Waals surface area contributed by atoms with Crippen molar-refractivity contribution in [1.29, 1.82) is 0 Å². The lowest BCUT2D eigenvalue weighted by molar-refractivity contribution is -0.132. The maximum Gasteiger partial charge on any atom is 0.244 e. The van der Waals surface area contributed by atoms with Gasteiger partial charge in [0.1, 0.15) is 0 Å². The molecule has 0 aliphatic rings. The van der Waals surface area contributed by atoms with Crippen LogP contribution >= 0.6 is 0 Å². The minimum atomic E-state index is -3.94. The van der Waals surface area contributed by atoms with Gasteiger partial charge in [0.2, 0.25) is 15.9 Å². The molecule has 224 valence electrons. The number of carbonyl (C=O) groups excluding carboxylic acids is 1. The number of H-pyrrole nitrogens is 1. The molecule has 1 amide bonds. The molecule has 0 aliphatic heterocycles. The van der Waals surface area contributed by atoms with Crippen molar-refractivity contribution in [2.24, 2.45) is 0 Å². The first-order valence-electron chi connectivity index (χ1n) is 14.1. The van der Waals surface area contributed by atoms with E-state index in [-0.39, 0.29) is 23.9 Å². The quantitative estimate of drug-likeness (QED) is 0.226. The number of aryl methyl sites for hydroxylation is 3. The number of aromatic amines is 1. The molecule has 42 heavy (non-hydrogen) atoms. The summed E-state index contributed by atoms with van der Waals surface area (Å²) < 4.78 is 40.2.